The van der Waals surface area contributed by atoms with Crippen LogP contribution < -0.4 is 0 Å². The summed E-state index contributed by atoms with van der Waals surface area (Å²) in [5, 5.41) is 9.48. The number of hydrogen-bond acceptors (Lipinski definition) is 2. The molecule has 0 amide bonds. The lowest BCUT2D eigenvalue weighted by Gasteiger charge is -2.42. The first-order chi connectivity index (χ1) is 9.40. The molecule has 3 atom stereocenters. The standard InChI is InChI=1S/C17H27N3/c1-6-17(4,5)15-8-7-14(10-18)16(9-15)20-11-19-12(2)13(20)3/h11,14-16H,6-9H2,1-5H3. The quantitative estimate of drug-likeness (QED) is 0.818. The molecule has 0 spiro atoms. The topological polar surface area (TPSA) is 41.6 Å². The Morgan fingerprint density at radius 1 is 1.40 bits per heavy atom. The van der Waals surface area contributed by atoms with Crippen LogP contribution in [0.3, 0.4) is 0 Å². The zero-order chi connectivity index (χ0) is 14.9. The molecule has 0 N–H and O–H groups in total. The van der Waals surface area contributed by atoms with Crippen LogP contribution in [0, 0.1) is 42.4 Å². The van der Waals surface area contributed by atoms with E-state index in [0.717, 1.165) is 18.5 Å². The predicted molar refractivity (Wildman–Crippen MR) is 81.3 cm³/mol. The molecular formula is C17H27N3. The number of imidazole rings is 1. The largest absolute Gasteiger partial charge is 0.330 e. The van der Waals surface area contributed by atoms with Gasteiger partial charge < -0.3 is 4.57 Å². The number of nitrogens with zero attached hydrogens (tertiary/aromatic N) is 3. The van der Waals surface area contributed by atoms with E-state index in [-0.39, 0.29) is 5.92 Å². The molecule has 110 valence electrons. The monoisotopic (exact) mass is 273 g/mol. The van der Waals surface area contributed by atoms with Crippen LogP contribution in [0.5, 0.6) is 0 Å². The van der Waals surface area contributed by atoms with Crippen molar-refractivity contribution in [3.8, 4) is 6.07 Å². The van der Waals surface area contributed by atoms with Gasteiger partial charge >= 0.3 is 0 Å². The van der Waals surface area contributed by atoms with E-state index in [2.05, 4.69) is 43.3 Å². The molecule has 1 aromatic heterocycles. The van der Waals surface area contributed by atoms with E-state index in [4.69, 9.17) is 0 Å². The van der Waals surface area contributed by atoms with Gasteiger partial charge in [-0.05, 0) is 44.4 Å². The molecule has 3 nitrogen and oxygen atoms in total. The second kappa shape index (κ2) is 5.60. The van der Waals surface area contributed by atoms with Crippen molar-refractivity contribution in [1.82, 2.24) is 9.55 Å². The lowest BCUT2D eigenvalue weighted by molar-refractivity contribution is 0.103. The fourth-order valence-electron chi connectivity index (χ4n) is 3.45. The van der Waals surface area contributed by atoms with Crippen LogP contribution in [0.1, 0.15) is 63.9 Å². The van der Waals surface area contributed by atoms with Crippen molar-refractivity contribution >= 4 is 0 Å². The Bertz CT molecular complexity index is 507. The fraction of sp³-hybridized carbons (Fsp3) is 0.765. The van der Waals surface area contributed by atoms with Crippen molar-refractivity contribution in [3.63, 3.8) is 0 Å². The minimum Gasteiger partial charge on any atom is -0.330 e. The smallest absolute Gasteiger partial charge is 0.0954 e. The van der Waals surface area contributed by atoms with E-state index in [1.807, 2.05) is 13.3 Å². The zero-order valence-corrected chi connectivity index (χ0v) is 13.5. The predicted octanol–water partition coefficient (Wildman–Crippen LogP) is 4.42. The van der Waals surface area contributed by atoms with Gasteiger partial charge in [-0.3, -0.25) is 0 Å². The summed E-state index contributed by atoms with van der Waals surface area (Å²) in [5.41, 5.74) is 2.66. The summed E-state index contributed by atoms with van der Waals surface area (Å²) in [6.07, 6.45) is 6.44. The summed E-state index contributed by atoms with van der Waals surface area (Å²) in [6, 6.07) is 2.83. The molecule has 0 aromatic carbocycles. The minimum absolute atomic E-state index is 0.131. The Balaban J connectivity index is 2.28. The molecule has 3 heteroatoms. The maximum absolute atomic E-state index is 9.48. The van der Waals surface area contributed by atoms with Gasteiger partial charge in [-0.1, -0.05) is 27.2 Å². The number of hydrogen-bond donors (Lipinski definition) is 0. The van der Waals surface area contributed by atoms with Crippen molar-refractivity contribution in [2.24, 2.45) is 17.3 Å². The Morgan fingerprint density at radius 2 is 2.10 bits per heavy atom. The summed E-state index contributed by atoms with van der Waals surface area (Å²) in [4.78, 5) is 4.42. The van der Waals surface area contributed by atoms with Gasteiger partial charge in [-0.15, -0.1) is 0 Å². The van der Waals surface area contributed by atoms with Crippen LogP contribution in [0.2, 0.25) is 0 Å². The molecule has 1 fully saturated rings. The molecule has 1 aromatic rings. The Labute approximate surface area is 123 Å². The first kappa shape index (κ1) is 15.1. The third-order valence-electron chi connectivity index (χ3n) is 5.64. The summed E-state index contributed by atoms with van der Waals surface area (Å²) >= 11 is 0. The highest BCUT2D eigenvalue weighted by molar-refractivity contribution is 5.12. The van der Waals surface area contributed by atoms with Crippen LogP contribution in [0.4, 0.5) is 0 Å². The number of aromatic nitrogens is 2. The summed E-state index contributed by atoms with van der Waals surface area (Å²) < 4.78 is 2.25. The molecular weight excluding hydrogens is 246 g/mol. The first-order valence-corrected chi connectivity index (χ1v) is 7.80. The maximum Gasteiger partial charge on any atom is 0.0954 e. The van der Waals surface area contributed by atoms with Crippen LogP contribution in [-0.4, -0.2) is 9.55 Å². The van der Waals surface area contributed by atoms with E-state index in [1.165, 1.54) is 18.5 Å². The third kappa shape index (κ3) is 2.61. The highest BCUT2D eigenvalue weighted by Crippen LogP contribution is 2.46. The third-order valence-corrected chi connectivity index (χ3v) is 5.64. The minimum atomic E-state index is 0.131. The van der Waals surface area contributed by atoms with Crippen LogP contribution in [-0.2, 0) is 0 Å². The zero-order valence-electron chi connectivity index (χ0n) is 13.5. The lowest BCUT2D eigenvalue weighted by atomic mass is 9.66. The van der Waals surface area contributed by atoms with Crippen LogP contribution in [0.15, 0.2) is 6.33 Å². The number of nitriles is 1. The molecule has 1 aliphatic carbocycles. The fourth-order valence-corrected chi connectivity index (χ4v) is 3.45. The highest BCUT2D eigenvalue weighted by Gasteiger charge is 2.38. The van der Waals surface area contributed by atoms with E-state index in [9.17, 15) is 5.26 Å². The summed E-state index contributed by atoms with van der Waals surface area (Å²) in [7, 11) is 0. The molecule has 0 radical (unpaired) electrons. The van der Waals surface area contributed by atoms with E-state index < -0.39 is 0 Å². The second-order valence-corrected chi connectivity index (χ2v) is 6.98. The average molecular weight is 273 g/mol. The van der Waals surface area contributed by atoms with Crippen LogP contribution >= 0.6 is 0 Å². The molecule has 20 heavy (non-hydrogen) atoms. The van der Waals surface area contributed by atoms with Crippen molar-refractivity contribution in [3.05, 3.63) is 17.7 Å². The molecule has 0 bridgehead atoms. The average Bonchev–Trinajstić information content (AvgIpc) is 2.78. The molecule has 1 heterocycles. The maximum atomic E-state index is 9.48. The van der Waals surface area contributed by atoms with Gasteiger partial charge in [0.05, 0.1) is 30.1 Å². The van der Waals surface area contributed by atoms with Gasteiger partial charge in [0.15, 0.2) is 0 Å². The van der Waals surface area contributed by atoms with Gasteiger partial charge in [-0.25, -0.2) is 4.98 Å². The van der Waals surface area contributed by atoms with Crippen molar-refractivity contribution in [2.45, 2.75) is 66.3 Å². The van der Waals surface area contributed by atoms with Gasteiger partial charge in [0, 0.05) is 5.69 Å². The van der Waals surface area contributed by atoms with Gasteiger partial charge in [0.2, 0.25) is 0 Å². The Morgan fingerprint density at radius 3 is 2.60 bits per heavy atom. The molecule has 0 saturated heterocycles. The molecule has 0 aliphatic heterocycles. The number of aryl methyl sites for hydroxylation is 1. The first-order valence-electron chi connectivity index (χ1n) is 7.80. The van der Waals surface area contributed by atoms with Gasteiger partial charge in [0.1, 0.15) is 0 Å². The van der Waals surface area contributed by atoms with E-state index in [0.29, 0.717) is 17.4 Å². The van der Waals surface area contributed by atoms with Gasteiger partial charge in [-0.2, -0.15) is 5.26 Å². The van der Waals surface area contributed by atoms with E-state index in [1.54, 1.807) is 0 Å². The molecule has 3 unspecified atom stereocenters. The summed E-state index contributed by atoms with van der Waals surface area (Å²) in [5.74, 6) is 0.829. The second-order valence-electron chi connectivity index (χ2n) is 6.98. The molecule has 1 saturated carbocycles. The molecule has 2 rings (SSSR count). The van der Waals surface area contributed by atoms with Crippen molar-refractivity contribution in [1.29, 1.82) is 5.26 Å². The SMILES string of the molecule is CCC(C)(C)C1CCC(C#N)C(n2cnc(C)c2C)C1. The van der Waals surface area contributed by atoms with Crippen LogP contribution in [0.25, 0.3) is 0 Å². The van der Waals surface area contributed by atoms with Crippen molar-refractivity contribution in [2.75, 3.05) is 0 Å². The highest BCUT2D eigenvalue weighted by atomic mass is 15.1. The van der Waals surface area contributed by atoms with E-state index >= 15 is 0 Å². The van der Waals surface area contributed by atoms with Gasteiger partial charge in [0.25, 0.3) is 0 Å². The number of rotatable bonds is 3. The summed E-state index contributed by atoms with van der Waals surface area (Å²) in [6.45, 7) is 11.2. The normalized spacial score (nSPS) is 27.3. The Hall–Kier alpha value is -1.30. The lowest BCUT2D eigenvalue weighted by Crippen LogP contribution is -2.34. The molecule has 1 aliphatic rings. The van der Waals surface area contributed by atoms with Crippen molar-refractivity contribution < 1.29 is 0 Å². The Kier molecular flexibility index (Phi) is 4.22.